The summed E-state index contributed by atoms with van der Waals surface area (Å²) in [5, 5.41) is 4.97. The summed E-state index contributed by atoms with van der Waals surface area (Å²) in [4.78, 5) is 0.170. The van der Waals surface area contributed by atoms with Gasteiger partial charge in [-0.05, 0) is 41.8 Å². The lowest BCUT2D eigenvalue weighted by Crippen LogP contribution is -2.15. The van der Waals surface area contributed by atoms with Crippen molar-refractivity contribution in [1.82, 2.24) is 0 Å². The van der Waals surface area contributed by atoms with E-state index >= 15 is 0 Å². The number of anilines is 1. The number of hydrogen-bond donors (Lipinski definition) is 2. The lowest BCUT2D eigenvalue weighted by Gasteiger charge is -2.09. The van der Waals surface area contributed by atoms with Crippen LogP contribution in [0.4, 0.5) is 5.69 Å². The Balaban J connectivity index is 2.16. The highest BCUT2D eigenvalue weighted by molar-refractivity contribution is 7.92. The van der Waals surface area contributed by atoms with Gasteiger partial charge in [-0.2, -0.15) is 0 Å². The Kier molecular flexibility index (Phi) is 5.08. The Morgan fingerprint density at radius 3 is 1.87 bits per heavy atom. The first-order valence-corrected chi connectivity index (χ1v) is 10.1. The molecule has 0 aliphatic heterocycles. The van der Waals surface area contributed by atoms with Crippen molar-refractivity contribution in [1.29, 1.82) is 0 Å². The van der Waals surface area contributed by atoms with Crippen molar-refractivity contribution in [3.05, 3.63) is 59.7 Å². The molecule has 6 nitrogen and oxygen atoms in total. The summed E-state index contributed by atoms with van der Waals surface area (Å²) < 4.78 is 49.1. The van der Waals surface area contributed by atoms with Crippen LogP contribution in [0.5, 0.6) is 0 Å². The Morgan fingerprint density at radius 2 is 1.39 bits per heavy atom. The van der Waals surface area contributed by atoms with Crippen LogP contribution in [0.3, 0.4) is 0 Å². The molecule has 0 bridgehead atoms. The molecule has 2 rings (SSSR count). The Hall–Kier alpha value is -1.90. The third-order valence-electron chi connectivity index (χ3n) is 3.22. The van der Waals surface area contributed by atoms with Gasteiger partial charge >= 0.3 is 0 Å². The maximum absolute atomic E-state index is 12.3. The zero-order valence-corrected chi connectivity index (χ0v) is 14.2. The molecule has 23 heavy (non-hydrogen) atoms. The first kappa shape index (κ1) is 17.5. The van der Waals surface area contributed by atoms with Gasteiger partial charge in [0.25, 0.3) is 10.0 Å². The van der Waals surface area contributed by atoms with Crippen molar-refractivity contribution < 1.29 is 16.8 Å². The van der Waals surface area contributed by atoms with E-state index in [1.165, 1.54) is 24.3 Å². The number of benzene rings is 2. The molecule has 0 amide bonds. The highest BCUT2D eigenvalue weighted by Crippen LogP contribution is 2.18. The Bertz CT molecular complexity index is 872. The molecule has 0 saturated carbocycles. The molecule has 0 aliphatic carbocycles. The molecular weight excluding hydrogens is 336 g/mol. The zero-order chi connectivity index (χ0) is 17.1. The minimum Gasteiger partial charge on any atom is -0.280 e. The summed E-state index contributed by atoms with van der Waals surface area (Å²) in [6.07, 6.45) is 0.833. The highest BCUT2D eigenvalue weighted by Gasteiger charge is 2.14. The van der Waals surface area contributed by atoms with Gasteiger partial charge in [0.05, 0.1) is 10.6 Å². The van der Waals surface area contributed by atoms with Crippen LogP contribution in [0, 0.1) is 0 Å². The van der Waals surface area contributed by atoms with Crippen LogP contribution >= 0.6 is 0 Å². The van der Waals surface area contributed by atoms with Gasteiger partial charge in [-0.3, -0.25) is 4.72 Å². The fraction of sp³-hybridized carbons (Fsp3) is 0.200. The number of hydrogen-bond acceptors (Lipinski definition) is 4. The number of nitrogens with two attached hydrogens (primary N) is 1. The van der Waals surface area contributed by atoms with E-state index in [9.17, 15) is 16.8 Å². The maximum Gasteiger partial charge on any atom is 0.261 e. The second-order valence-corrected chi connectivity index (χ2v) is 8.40. The van der Waals surface area contributed by atoms with Gasteiger partial charge in [0.15, 0.2) is 0 Å². The molecule has 2 aromatic carbocycles. The monoisotopic (exact) mass is 354 g/mol. The van der Waals surface area contributed by atoms with Crippen molar-refractivity contribution in [3.8, 4) is 0 Å². The first-order valence-electron chi connectivity index (χ1n) is 6.91. The number of nitrogens with one attached hydrogen (secondary N) is 1. The van der Waals surface area contributed by atoms with Crippen LogP contribution < -0.4 is 9.86 Å². The van der Waals surface area contributed by atoms with E-state index in [0.29, 0.717) is 11.3 Å². The minimum absolute atomic E-state index is 0.170. The smallest absolute Gasteiger partial charge is 0.261 e. The number of rotatable bonds is 6. The van der Waals surface area contributed by atoms with Crippen LogP contribution in [-0.2, 0) is 32.2 Å². The quantitative estimate of drug-likeness (QED) is 0.825. The topological polar surface area (TPSA) is 106 Å². The van der Waals surface area contributed by atoms with Crippen molar-refractivity contribution in [2.45, 2.75) is 24.0 Å². The van der Waals surface area contributed by atoms with Gasteiger partial charge in [0.2, 0.25) is 10.0 Å². The molecule has 0 fully saturated rings. The first-order chi connectivity index (χ1) is 10.7. The van der Waals surface area contributed by atoms with Crippen molar-refractivity contribution in [2.75, 3.05) is 4.72 Å². The number of aryl methyl sites for hydroxylation is 1. The minimum atomic E-state index is -3.68. The molecule has 0 unspecified atom stereocenters. The molecule has 0 atom stereocenters. The van der Waals surface area contributed by atoms with Crippen molar-refractivity contribution in [2.24, 2.45) is 5.14 Å². The second kappa shape index (κ2) is 6.69. The summed E-state index contributed by atoms with van der Waals surface area (Å²) in [6.45, 7) is 1.99. The highest BCUT2D eigenvalue weighted by atomic mass is 32.2. The van der Waals surface area contributed by atoms with Crippen LogP contribution in [-0.4, -0.2) is 16.8 Å². The van der Waals surface area contributed by atoms with Crippen molar-refractivity contribution in [3.63, 3.8) is 0 Å². The summed E-state index contributed by atoms with van der Waals surface area (Å²) in [5.41, 5.74) is 1.89. The summed E-state index contributed by atoms with van der Waals surface area (Å²) in [6, 6.07) is 12.7. The van der Waals surface area contributed by atoms with Gasteiger partial charge in [0.1, 0.15) is 0 Å². The molecule has 0 aliphatic rings. The molecule has 0 heterocycles. The van der Waals surface area contributed by atoms with Crippen LogP contribution in [0.1, 0.15) is 18.1 Å². The second-order valence-electron chi connectivity index (χ2n) is 5.11. The van der Waals surface area contributed by atoms with Crippen LogP contribution in [0.15, 0.2) is 53.4 Å². The molecule has 3 N–H and O–H groups in total. The molecule has 124 valence electrons. The Labute approximate surface area is 136 Å². The normalized spacial score (nSPS) is 12.1. The van der Waals surface area contributed by atoms with Crippen LogP contribution in [0.2, 0.25) is 0 Å². The van der Waals surface area contributed by atoms with Gasteiger partial charge < -0.3 is 0 Å². The van der Waals surface area contributed by atoms with Gasteiger partial charge in [-0.1, -0.05) is 31.2 Å². The third kappa shape index (κ3) is 5.05. The number of sulfonamides is 2. The Morgan fingerprint density at radius 1 is 0.870 bits per heavy atom. The summed E-state index contributed by atoms with van der Waals surface area (Å²) >= 11 is 0. The largest absolute Gasteiger partial charge is 0.280 e. The molecular formula is C15H18N2O4S2. The van der Waals surface area contributed by atoms with Gasteiger partial charge in [0, 0.05) is 5.69 Å². The van der Waals surface area contributed by atoms with E-state index in [-0.39, 0.29) is 10.6 Å². The molecule has 0 spiro atoms. The van der Waals surface area contributed by atoms with Crippen molar-refractivity contribution >= 4 is 25.7 Å². The van der Waals surface area contributed by atoms with Gasteiger partial charge in [-0.25, -0.2) is 22.0 Å². The molecule has 2 aromatic rings. The predicted octanol–water partition coefficient (Wildman–Crippen LogP) is 1.84. The summed E-state index contributed by atoms with van der Waals surface area (Å²) in [7, 11) is -7.29. The predicted molar refractivity (Wildman–Crippen MR) is 89.9 cm³/mol. The number of primary sulfonamides is 1. The van der Waals surface area contributed by atoms with E-state index in [2.05, 4.69) is 4.72 Å². The third-order valence-corrected chi connectivity index (χ3v) is 5.35. The van der Waals surface area contributed by atoms with Crippen LogP contribution in [0.25, 0.3) is 0 Å². The standard InChI is InChI=1S/C15H18N2O4S2/c1-2-12-5-9-15(10-6-12)23(20,21)17-14-7-3-13(4-8-14)11-22(16,18)19/h3-10,17H,2,11H2,1H3,(H2,16,18,19). The maximum atomic E-state index is 12.3. The van der Waals surface area contributed by atoms with Gasteiger partial charge in [-0.15, -0.1) is 0 Å². The lowest BCUT2D eigenvalue weighted by molar-refractivity contribution is 0.596. The molecule has 0 saturated heterocycles. The van der Waals surface area contributed by atoms with E-state index in [1.54, 1.807) is 24.3 Å². The summed E-state index contributed by atoms with van der Waals surface area (Å²) in [5.74, 6) is -0.293. The van der Waals surface area contributed by atoms with E-state index in [0.717, 1.165) is 12.0 Å². The average Bonchev–Trinajstić information content (AvgIpc) is 2.48. The fourth-order valence-corrected chi connectivity index (χ4v) is 3.74. The molecule has 8 heteroatoms. The molecule has 0 radical (unpaired) electrons. The zero-order valence-electron chi connectivity index (χ0n) is 12.6. The molecule has 0 aromatic heterocycles. The van der Waals surface area contributed by atoms with E-state index in [1.807, 2.05) is 6.92 Å². The lowest BCUT2D eigenvalue weighted by atomic mass is 10.2. The van der Waals surface area contributed by atoms with E-state index < -0.39 is 20.0 Å². The fourth-order valence-electron chi connectivity index (χ4n) is 2.02. The SMILES string of the molecule is CCc1ccc(S(=O)(=O)Nc2ccc(CS(N)(=O)=O)cc2)cc1. The van der Waals surface area contributed by atoms with E-state index in [4.69, 9.17) is 5.14 Å². The average molecular weight is 354 g/mol.